The Kier molecular flexibility index (Phi) is 13.1. The Labute approximate surface area is 333 Å². The van der Waals surface area contributed by atoms with E-state index < -0.39 is 11.9 Å². The fourth-order valence-electron chi connectivity index (χ4n) is 8.92. The molecule has 6 atom stereocenters. The average molecular weight is 777 g/mol. The molecule has 1 heterocycles. The van der Waals surface area contributed by atoms with E-state index in [0.717, 1.165) is 58.4 Å². The highest BCUT2D eigenvalue weighted by atomic mass is 32.2. The van der Waals surface area contributed by atoms with Gasteiger partial charge in [0.15, 0.2) is 0 Å². The van der Waals surface area contributed by atoms with Crippen molar-refractivity contribution >= 4 is 34.3 Å². The molecule has 0 radical (unpaired) electrons. The maximum absolute atomic E-state index is 13.1. The van der Waals surface area contributed by atoms with Crippen LogP contribution in [0.2, 0.25) is 0 Å². The number of hydrogen-bond donors (Lipinski definition) is 3. The van der Waals surface area contributed by atoms with Crippen molar-refractivity contribution in [2.45, 2.75) is 73.3 Å². The summed E-state index contributed by atoms with van der Waals surface area (Å²) in [5, 5.41) is 29.3. The molecule has 10 heteroatoms. The van der Waals surface area contributed by atoms with E-state index in [4.69, 9.17) is 24.2 Å². The Balaban J connectivity index is 1.34. The third-order valence-electron chi connectivity index (χ3n) is 11.3. The predicted octanol–water partition coefficient (Wildman–Crippen LogP) is 9.18. The normalized spacial score (nSPS) is 24.4. The van der Waals surface area contributed by atoms with Crippen LogP contribution >= 0.6 is 11.8 Å². The van der Waals surface area contributed by atoms with Crippen LogP contribution < -0.4 is 14.8 Å². The van der Waals surface area contributed by atoms with E-state index in [-0.39, 0.29) is 48.7 Å². The molecule has 6 unspecified atom stereocenters. The van der Waals surface area contributed by atoms with Crippen LogP contribution in [0.5, 0.6) is 11.5 Å². The van der Waals surface area contributed by atoms with Crippen molar-refractivity contribution in [2.75, 3.05) is 26.9 Å². The van der Waals surface area contributed by atoms with Crippen molar-refractivity contribution in [3.63, 3.8) is 0 Å². The van der Waals surface area contributed by atoms with Gasteiger partial charge in [-0.25, -0.2) is 4.79 Å². The predicted molar refractivity (Wildman–Crippen MR) is 221 cm³/mol. The van der Waals surface area contributed by atoms with Crippen LogP contribution in [0.15, 0.2) is 125 Å². The van der Waals surface area contributed by atoms with E-state index in [2.05, 4.69) is 54.4 Å². The maximum atomic E-state index is 13.1. The molecule has 1 amide bonds. The summed E-state index contributed by atoms with van der Waals surface area (Å²) in [7, 11) is 1.59. The molecule has 1 saturated carbocycles. The number of hydrogen-bond acceptors (Lipinski definition) is 9. The fraction of sp³-hybridized carbons (Fsp3) is 0.391. The van der Waals surface area contributed by atoms with Crippen LogP contribution in [0.3, 0.4) is 0 Å². The van der Waals surface area contributed by atoms with Crippen LogP contribution in [0.1, 0.15) is 62.0 Å². The van der Waals surface area contributed by atoms with Gasteiger partial charge in [0, 0.05) is 42.6 Å². The van der Waals surface area contributed by atoms with Gasteiger partial charge < -0.3 is 34.6 Å². The second-order valence-electron chi connectivity index (χ2n) is 14.8. The summed E-state index contributed by atoms with van der Waals surface area (Å²) in [5.74, 6) is -0.176. The molecule has 2 aliphatic carbocycles. The molecule has 1 fully saturated rings. The molecule has 9 nitrogen and oxygen atoms in total. The number of amides is 1. The Morgan fingerprint density at radius 3 is 2.50 bits per heavy atom. The number of benzene rings is 4. The number of allylic oxidation sites excluding steroid dienone is 1. The topological polar surface area (TPSA) is 119 Å². The molecule has 1 aliphatic heterocycles. The van der Waals surface area contributed by atoms with Gasteiger partial charge >= 0.3 is 6.09 Å². The summed E-state index contributed by atoms with van der Waals surface area (Å²) in [6.45, 7) is 4.90. The van der Waals surface area contributed by atoms with E-state index in [1.54, 1.807) is 31.0 Å². The number of aliphatic hydroxyl groups is 2. The maximum Gasteiger partial charge on any atom is 0.412 e. The van der Waals surface area contributed by atoms with Crippen LogP contribution in [0.25, 0.3) is 10.8 Å². The van der Waals surface area contributed by atoms with Crippen molar-refractivity contribution in [3.8, 4) is 11.5 Å². The lowest BCUT2D eigenvalue weighted by Gasteiger charge is -2.58. The molecular formula is C46H52N2O7S. The minimum absolute atomic E-state index is 0.119. The minimum atomic E-state index is -1.12. The average Bonchev–Trinajstić information content (AvgIpc) is 3.22. The van der Waals surface area contributed by atoms with E-state index in [9.17, 15) is 15.0 Å². The van der Waals surface area contributed by atoms with E-state index in [1.165, 1.54) is 5.39 Å². The molecule has 7 rings (SSSR count). The standard InChI is InChI=1S/C46H52N2O7S/c1-3-25-53-46-42(56-36-21-19-32-15-7-8-16-33(32)26-36)29-40(48-52-2)38-27-34(17-9-11-23-49)37(18-10-12-24-50)43(44(38)46)39-28-35(20-22-41(39)55-46)54-45(51)47-30-31-13-5-4-6-14-31/h3-8,13-16,19-22,26-28,34,37,42-44,49-50H,1,9-12,17-18,23-25,29-30H2,2H3,(H,47,51). The smallest absolute Gasteiger partial charge is 0.412 e. The minimum Gasteiger partial charge on any atom is -0.460 e. The Morgan fingerprint density at radius 2 is 1.73 bits per heavy atom. The number of thioether (sulfide) groups is 1. The molecule has 294 valence electrons. The number of ether oxygens (including phenoxy) is 3. The van der Waals surface area contributed by atoms with Gasteiger partial charge in [0.1, 0.15) is 18.6 Å². The number of oxime groups is 1. The van der Waals surface area contributed by atoms with Crippen LogP contribution in [0, 0.1) is 17.8 Å². The monoisotopic (exact) mass is 776 g/mol. The first-order valence-electron chi connectivity index (χ1n) is 19.7. The molecule has 0 spiro atoms. The molecule has 4 aromatic rings. The van der Waals surface area contributed by atoms with Gasteiger partial charge in [-0.05, 0) is 89.8 Å². The fourth-order valence-corrected chi connectivity index (χ4v) is 10.3. The largest absolute Gasteiger partial charge is 0.460 e. The number of carbonyl (C=O) groups is 1. The van der Waals surface area contributed by atoms with E-state index >= 15 is 0 Å². The van der Waals surface area contributed by atoms with Gasteiger partial charge in [-0.15, -0.1) is 18.3 Å². The third kappa shape index (κ3) is 8.54. The number of nitrogens with zero attached hydrogens (tertiary/aromatic N) is 1. The number of fused-ring (bicyclic) bond motifs is 3. The van der Waals surface area contributed by atoms with E-state index in [1.807, 2.05) is 48.5 Å². The van der Waals surface area contributed by atoms with Gasteiger partial charge in [0.25, 0.3) is 0 Å². The zero-order valence-electron chi connectivity index (χ0n) is 32.0. The molecule has 0 saturated heterocycles. The molecule has 0 bridgehead atoms. The summed E-state index contributed by atoms with van der Waals surface area (Å²) in [4.78, 5) is 19.8. The van der Waals surface area contributed by atoms with Crippen molar-refractivity contribution in [1.29, 1.82) is 0 Å². The van der Waals surface area contributed by atoms with Crippen molar-refractivity contribution in [1.82, 2.24) is 5.32 Å². The second kappa shape index (κ2) is 18.6. The lowest BCUT2D eigenvalue weighted by Crippen LogP contribution is -2.64. The highest BCUT2D eigenvalue weighted by molar-refractivity contribution is 8.00. The highest BCUT2D eigenvalue weighted by Crippen LogP contribution is 2.63. The van der Waals surface area contributed by atoms with Crippen LogP contribution in [-0.4, -0.2) is 60.0 Å². The first kappa shape index (κ1) is 39.6. The SMILES string of the molecule is C=CCOC12Oc3ccc(OC(=O)NCc4ccccc4)cc3C3C(CCCCO)C(CCCCO)C=C(C(=NOC)CC1Sc1ccc4ccccc4c1)C32. The van der Waals surface area contributed by atoms with Crippen LogP contribution in [-0.2, 0) is 16.1 Å². The quantitative estimate of drug-likeness (QED) is 0.0552. The molecular weight excluding hydrogens is 725 g/mol. The number of aliphatic hydroxyl groups excluding tert-OH is 2. The Hall–Kier alpha value is -4.61. The van der Waals surface area contributed by atoms with Crippen LogP contribution in [0.4, 0.5) is 4.79 Å². The molecule has 3 N–H and O–H groups in total. The third-order valence-corrected chi connectivity index (χ3v) is 12.6. The summed E-state index contributed by atoms with van der Waals surface area (Å²) in [6, 6.07) is 30.2. The Morgan fingerprint density at radius 1 is 0.964 bits per heavy atom. The first-order valence-corrected chi connectivity index (χ1v) is 20.6. The molecule has 3 aliphatic rings. The summed E-state index contributed by atoms with van der Waals surface area (Å²) >= 11 is 1.73. The van der Waals surface area contributed by atoms with E-state index in [0.29, 0.717) is 37.3 Å². The highest BCUT2D eigenvalue weighted by Gasteiger charge is 2.64. The molecule has 0 aromatic heterocycles. The first-order chi connectivity index (χ1) is 27.5. The number of carbonyl (C=O) groups excluding carboxylic acids is 1. The summed E-state index contributed by atoms with van der Waals surface area (Å²) in [5.41, 5.74) is 3.82. The summed E-state index contributed by atoms with van der Waals surface area (Å²) in [6.07, 6.45) is 8.97. The van der Waals surface area contributed by atoms with Gasteiger partial charge in [-0.3, -0.25) is 0 Å². The zero-order valence-corrected chi connectivity index (χ0v) is 32.8. The second-order valence-corrected chi connectivity index (χ2v) is 16.1. The van der Waals surface area contributed by atoms with Gasteiger partial charge in [0.2, 0.25) is 5.79 Å². The molecule has 56 heavy (non-hydrogen) atoms. The zero-order chi connectivity index (χ0) is 38.9. The lowest BCUT2D eigenvalue weighted by molar-refractivity contribution is -0.223. The van der Waals surface area contributed by atoms with Crippen molar-refractivity contribution < 1.29 is 34.1 Å². The van der Waals surface area contributed by atoms with Gasteiger partial charge in [0.05, 0.1) is 23.5 Å². The van der Waals surface area contributed by atoms with Crippen molar-refractivity contribution in [2.24, 2.45) is 22.9 Å². The summed E-state index contributed by atoms with van der Waals surface area (Å²) < 4.78 is 20.2. The number of rotatable bonds is 17. The molecule has 4 aromatic carbocycles. The number of unbranched alkanes of at least 4 members (excludes halogenated alkanes) is 2. The number of nitrogens with one attached hydrogen (secondary N) is 1. The van der Waals surface area contributed by atoms with Gasteiger partial charge in [-0.1, -0.05) is 90.8 Å². The van der Waals surface area contributed by atoms with Crippen molar-refractivity contribution in [3.05, 3.63) is 126 Å². The lowest BCUT2D eigenvalue weighted by atomic mass is 9.56. The Bertz CT molecular complexity index is 2040. The van der Waals surface area contributed by atoms with Gasteiger partial charge in [-0.2, -0.15) is 0 Å².